The number of nitrogens with one attached hydrogen (secondary N) is 2. The van der Waals surface area contributed by atoms with E-state index in [1.165, 1.54) is 12.1 Å². The fourth-order valence-corrected chi connectivity index (χ4v) is 3.52. The number of sulfonamides is 2. The molecule has 1 amide bonds. The molecule has 1 aromatic rings. The van der Waals surface area contributed by atoms with Crippen LogP contribution in [0.25, 0.3) is 0 Å². The number of hydrogen-bond acceptors (Lipinski definition) is 5. The summed E-state index contributed by atoms with van der Waals surface area (Å²) in [6, 6.07) is 6.02. The van der Waals surface area contributed by atoms with Crippen molar-refractivity contribution >= 4 is 26.0 Å². The molecule has 0 unspecified atom stereocenters. The van der Waals surface area contributed by atoms with Crippen molar-refractivity contribution in [3.05, 3.63) is 29.8 Å². The lowest BCUT2D eigenvalue weighted by atomic mass is 10.1. The lowest BCUT2D eigenvalue weighted by Crippen LogP contribution is -2.38. The quantitative estimate of drug-likeness (QED) is 0.515. The molecule has 1 aromatic carbocycles. The Morgan fingerprint density at radius 1 is 1.12 bits per heavy atom. The van der Waals surface area contributed by atoms with E-state index in [1.807, 2.05) is 6.92 Å². The molecule has 0 bridgehead atoms. The van der Waals surface area contributed by atoms with Crippen LogP contribution in [0.2, 0.25) is 0 Å². The Balaban J connectivity index is 2.35. The van der Waals surface area contributed by atoms with Gasteiger partial charge in [0.15, 0.2) is 0 Å². The summed E-state index contributed by atoms with van der Waals surface area (Å²) in [5, 5.41) is 7.60. The summed E-state index contributed by atoms with van der Waals surface area (Å²) in [4.78, 5) is 11.6. The Kier molecular flexibility index (Phi) is 7.80. The van der Waals surface area contributed by atoms with Crippen molar-refractivity contribution in [1.82, 2.24) is 10.0 Å². The molecule has 0 fully saturated rings. The fourth-order valence-electron chi connectivity index (χ4n) is 1.84. The molecule has 0 aromatic heterocycles. The van der Waals surface area contributed by atoms with Crippen LogP contribution in [0.3, 0.4) is 0 Å². The first-order valence-corrected chi connectivity index (χ1v) is 10.7. The summed E-state index contributed by atoms with van der Waals surface area (Å²) in [6.45, 7) is 1.90. The van der Waals surface area contributed by atoms with E-state index in [9.17, 15) is 21.6 Å². The van der Waals surface area contributed by atoms with Crippen molar-refractivity contribution in [1.29, 1.82) is 0 Å². The highest BCUT2D eigenvalue weighted by Gasteiger charge is 2.11. The second-order valence-electron chi connectivity index (χ2n) is 5.28. The van der Waals surface area contributed by atoms with Gasteiger partial charge in [0.25, 0.3) is 0 Å². The predicted octanol–water partition coefficient (Wildman–Crippen LogP) is -0.288. The zero-order valence-electron chi connectivity index (χ0n) is 13.5. The van der Waals surface area contributed by atoms with E-state index >= 15 is 0 Å². The van der Waals surface area contributed by atoms with Gasteiger partial charge in [-0.25, -0.2) is 26.7 Å². The predicted molar refractivity (Wildman–Crippen MR) is 91.2 cm³/mol. The van der Waals surface area contributed by atoms with E-state index in [-0.39, 0.29) is 17.2 Å². The molecular weight excluding hydrogens is 354 g/mol. The van der Waals surface area contributed by atoms with Gasteiger partial charge in [-0.1, -0.05) is 25.5 Å². The molecule has 24 heavy (non-hydrogen) atoms. The van der Waals surface area contributed by atoms with Crippen molar-refractivity contribution < 1.29 is 21.6 Å². The lowest BCUT2D eigenvalue weighted by molar-refractivity contribution is -0.119. The molecule has 8 nitrogen and oxygen atoms in total. The first-order valence-electron chi connectivity index (χ1n) is 7.50. The van der Waals surface area contributed by atoms with Crippen LogP contribution in [-0.4, -0.2) is 41.6 Å². The minimum atomic E-state index is -3.72. The fraction of sp³-hybridized carbons (Fsp3) is 0.500. The third-order valence-corrected chi connectivity index (χ3v) is 5.55. The van der Waals surface area contributed by atoms with Crippen LogP contribution in [0.15, 0.2) is 29.2 Å². The second kappa shape index (κ2) is 9.11. The SMILES string of the molecule is CCCCS(=O)(=O)NCC(=O)NCCc1ccc(S(N)(=O)=O)cc1. The van der Waals surface area contributed by atoms with Gasteiger partial charge in [0.2, 0.25) is 26.0 Å². The Morgan fingerprint density at radius 2 is 1.75 bits per heavy atom. The van der Waals surface area contributed by atoms with Crippen molar-refractivity contribution in [2.75, 3.05) is 18.8 Å². The molecule has 10 heteroatoms. The lowest BCUT2D eigenvalue weighted by Gasteiger charge is -2.08. The number of carbonyl (C=O) groups is 1. The van der Waals surface area contributed by atoms with E-state index in [1.54, 1.807) is 12.1 Å². The highest BCUT2D eigenvalue weighted by molar-refractivity contribution is 7.89. The van der Waals surface area contributed by atoms with Gasteiger partial charge in [-0.15, -0.1) is 0 Å². The molecule has 0 saturated carbocycles. The van der Waals surface area contributed by atoms with Gasteiger partial charge < -0.3 is 5.32 Å². The van der Waals surface area contributed by atoms with Crippen LogP contribution in [0.1, 0.15) is 25.3 Å². The first kappa shape index (κ1) is 20.6. The maximum absolute atomic E-state index is 11.6. The Labute approximate surface area is 142 Å². The Hall–Kier alpha value is -1.49. The zero-order valence-corrected chi connectivity index (χ0v) is 15.1. The number of benzene rings is 1. The molecule has 0 aliphatic rings. The second-order valence-corrected chi connectivity index (χ2v) is 8.77. The van der Waals surface area contributed by atoms with Crippen LogP contribution in [0.4, 0.5) is 0 Å². The number of rotatable bonds is 10. The monoisotopic (exact) mass is 377 g/mol. The number of nitrogens with two attached hydrogens (primary N) is 1. The van der Waals surface area contributed by atoms with Crippen LogP contribution in [0, 0.1) is 0 Å². The van der Waals surface area contributed by atoms with Gasteiger partial charge in [0.1, 0.15) is 0 Å². The highest BCUT2D eigenvalue weighted by atomic mass is 32.2. The van der Waals surface area contributed by atoms with E-state index in [0.717, 1.165) is 12.0 Å². The molecule has 0 heterocycles. The van der Waals surface area contributed by atoms with E-state index in [0.29, 0.717) is 19.4 Å². The molecular formula is C14H23N3O5S2. The van der Waals surface area contributed by atoms with Gasteiger partial charge in [-0.3, -0.25) is 4.79 Å². The topological polar surface area (TPSA) is 135 Å². The maximum atomic E-state index is 11.6. The molecule has 0 aliphatic carbocycles. The number of carbonyl (C=O) groups excluding carboxylic acids is 1. The molecule has 0 saturated heterocycles. The van der Waals surface area contributed by atoms with Gasteiger partial charge in [0, 0.05) is 6.54 Å². The molecule has 4 N–H and O–H groups in total. The summed E-state index contributed by atoms with van der Waals surface area (Å²) in [5.74, 6) is -0.413. The normalized spacial score (nSPS) is 12.1. The van der Waals surface area contributed by atoms with E-state index in [4.69, 9.17) is 5.14 Å². The maximum Gasteiger partial charge on any atom is 0.238 e. The largest absolute Gasteiger partial charge is 0.355 e. The standard InChI is InChI=1S/C14H23N3O5S2/c1-2-3-10-23(19,20)17-11-14(18)16-9-8-12-4-6-13(7-5-12)24(15,21)22/h4-7,17H,2-3,8-11H2,1H3,(H,16,18)(H2,15,21,22). The van der Waals surface area contributed by atoms with Crippen LogP contribution >= 0.6 is 0 Å². The first-order chi connectivity index (χ1) is 11.1. The van der Waals surface area contributed by atoms with Crippen molar-refractivity contribution in [2.24, 2.45) is 5.14 Å². The Bertz CT molecular complexity index is 743. The number of unbranched alkanes of at least 4 members (excludes halogenated alkanes) is 1. The summed E-state index contributed by atoms with van der Waals surface area (Å²) >= 11 is 0. The summed E-state index contributed by atoms with van der Waals surface area (Å²) in [5.41, 5.74) is 0.825. The van der Waals surface area contributed by atoms with Gasteiger partial charge in [0.05, 0.1) is 17.2 Å². The van der Waals surface area contributed by atoms with Crippen LogP contribution in [0.5, 0.6) is 0 Å². The van der Waals surface area contributed by atoms with Crippen molar-refractivity contribution in [2.45, 2.75) is 31.1 Å². The average molecular weight is 377 g/mol. The summed E-state index contributed by atoms with van der Waals surface area (Å²) in [6.07, 6.45) is 1.79. The van der Waals surface area contributed by atoms with Gasteiger partial charge in [-0.2, -0.15) is 0 Å². The number of amides is 1. The Morgan fingerprint density at radius 3 is 2.29 bits per heavy atom. The highest BCUT2D eigenvalue weighted by Crippen LogP contribution is 2.08. The minimum Gasteiger partial charge on any atom is -0.355 e. The van der Waals surface area contributed by atoms with Gasteiger partial charge in [-0.05, 0) is 30.5 Å². The number of primary sulfonamides is 1. The van der Waals surface area contributed by atoms with Crippen LogP contribution in [-0.2, 0) is 31.3 Å². The smallest absolute Gasteiger partial charge is 0.238 e. The average Bonchev–Trinajstić information content (AvgIpc) is 2.51. The molecule has 0 atom stereocenters. The number of hydrogen-bond donors (Lipinski definition) is 3. The van der Waals surface area contributed by atoms with Crippen molar-refractivity contribution in [3.8, 4) is 0 Å². The third kappa shape index (κ3) is 7.86. The molecule has 0 radical (unpaired) electrons. The zero-order chi connectivity index (χ0) is 18.2. The summed E-state index contributed by atoms with van der Waals surface area (Å²) in [7, 11) is -7.13. The summed E-state index contributed by atoms with van der Waals surface area (Å²) < 4.78 is 47.6. The third-order valence-electron chi connectivity index (χ3n) is 3.21. The molecule has 136 valence electrons. The minimum absolute atomic E-state index is 0.00712. The molecule has 0 spiro atoms. The van der Waals surface area contributed by atoms with Crippen molar-refractivity contribution in [3.63, 3.8) is 0 Å². The molecule has 0 aliphatic heterocycles. The van der Waals surface area contributed by atoms with Crippen LogP contribution < -0.4 is 15.2 Å². The molecule has 1 rings (SSSR count). The van der Waals surface area contributed by atoms with Gasteiger partial charge >= 0.3 is 0 Å². The van der Waals surface area contributed by atoms with E-state index in [2.05, 4.69) is 10.0 Å². The van der Waals surface area contributed by atoms with E-state index < -0.39 is 26.0 Å².